The second kappa shape index (κ2) is 7.04. The van der Waals surface area contributed by atoms with Gasteiger partial charge >= 0.3 is 5.63 Å². The Balaban J connectivity index is 1.44. The van der Waals surface area contributed by atoms with Gasteiger partial charge in [-0.25, -0.2) is 4.79 Å². The topological polar surface area (TPSA) is 87.4 Å². The average molecular weight is 483 g/mol. The van der Waals surface area contributed by atoms with E-state index >= 15 is 0 Å². The van der Waals surface area contributed by atoms with Crippen LogP contribution in [0, 0.1) is 16.7 Å². The fourth-order valence-electron chi connectivity index (χ4n) is 8.29. The maximum Gasteiger partial charge on any atom is 0.345 e. The van der Waals surface area contributed by atoms with Gasteiger partial charge in [0.05, 0.1) is 37.6 Å². The van der Waals surface area contributed by atoms with Gasteiger partial charge in [0.2, 0.25) is 0 Å². The standard InChI is InChI=1S/C28H34O7/c1-25(2)10-9-20-27(4)23(26(3)11-12-28(25,27)35-26)22(34-20)21-16(29)14-18(33-24(21)30)15-7-8-17(31-5)19(13-15)32-6/h7-8,13-14,20,22-23,29H,9-12H2,1-6H3/t20-,22+,23+,26+,27+,28+/m0/s1. The second-order valence-electron chi connectivity index (χ2n) is 11.7. The Hall–Kier alpha value is -2.51. The van der Waals surface area contributed by atoms with Crippen LogP contribution in [-0.4, -0.2) is 36.6 Å². The Morgan fingerprint density at radius 1 is 1.00 bits per heavy atom. The minimum absolute atomic E-state index is 0.00695. The molecular weight excluding hydrogens is 448 g/mol. The van der Waals surface area contributed by atoms with Gasteiger partial charge in [0, 0.05) is 23.0 Å². The molecule has 4 heterocycles. The fraction of sp³-hybridized carbons (Fsp3) is 0.607. The summed E-state index contributed by atoms with van der Waals surface area (Å²) >= 11 is 0. The molecule has 1 saturated carbocycles. The first kappa shape index (κ1) is 22.9. The highest BCUT2D eigenvalue weighted by Crippen LogP contribution is 2.78. The third-order valence-electron chi connectivity index (χ3n) is 9.88. The number of methoxy groups -OCH3 is 2. The molecule has 4 fully saturated rings. The van der Waals surface area contributed by atoms with Crippen molar-refractivity contribution < 1.29 is 28.5 Å². The number of benzene rings is 1. The summed E-state index contributed by atoms with van der Waals surface area (Å²) in [6.07, 6.45) is 3.21. The molecule has 2 aromatic rings. The zero-order chi connectivity index (χ0) is 25.0. The summed E-state index contributed by atoms with van der Waals surface area (Å²) in [5.74, 6) is 1.17. The maximum absolute atomic E-state index is 13.4. The van der Waals surface area contributed by atoms with E-state index in [1.807, 2.05) is 0 Å². The third-order valence-corrected chi connectivity index (χ3v) is 9.88. The molecule has 7 nitrogen and oxygen atoms in total. The fourth-order valence-corrected chi connectivity index (χ4v) is 8.29. The number of hydrogen-bond acceptors (Lipinski definition) is 7. The molecule has 6 atom stereocenters. The number of aromatic hydroxyl groups is 1. The normalized spacial score (nSPS) is 38.4. The van der Waals surface area contributed by atoms with E-state index in [0.29, 0.717) is 17.1 Å². The SMILES string of the molecule is COc1ccc(-c2cc(O)c([C@H]3O[C@H]4CCC(C)(C)[C@@]56CC[C@@](C)(O5)[C@@H]3[C@@]46C)c(=O)o2)cc1OC. The molecule has 3 aliphatic heterocycles. The predicted molar refractivity (Wildman–Crippen MR) is 129 cm³/mol. The Labute approximate surface area is 205 Å². The lowest BCUT2D eigenvalue weighted by Crippen LogP contribution is -2.62. The first-order valence-corrected chi connectivity index (χ1v) is 12.5. The van der Waals surface area contributed by atoms with Crippen molar-refractivity contribution in [1.82, 2.24) is 0 Å². The molecule has 3 saturated heterocycles. The van der Waals surface area contributed by atoms with Crippen molar-refractivity contribution in [3.05, 3.63) is 40.2 Å². The van der Waals surface area contributed by atoms with Gasteiger partial charge in [0.25, 0.3) is 0 Å². The third kappa shape index (κ3) is 2.66. The van der Waals surface area contributed by atoms with E-state index in [4.69, 9.17) is 23.4 Å². The van der Waals surface area contributed by atoms with Crippen LogP contribution in [0.2, 0.25) is 0 Å². The quantitative estimate of drug-likeness (QED) is 0.638. The molecule has 0 radical (unpaired) electrons. The lowest BCUT2D eigenvalue weighted by molar-refractivity contribution is -0.202. The van der Waals surface area contributed by atoms with E-state index in [1.165, 1.54) is 6.07 Å². The van der Waals surface area contributed by atoms with Gasteiger partial charge in [-0.2, -0.15) is 0 Å². The van der Waals surface area contributed by atoms with Crippen LogP contribution in [0.15, 0.2) is 33.5 Å². The minimum atomic E-state index is -0.582. The van der Waals surface area contributed by atoms with E-state index in [-0.39, 0.29) is 45.5 Å². The summed E-state index contributed by atoms with van der Waals surface area (Å²) in [6.45, 7) is 9.05. The van der Waals surface area contributed by atoms with Gasteiger partial charge in [-0.15, -0.1) is 0 Å². The zero-order valence-corrected chi connectivity index (χ0v) is 21.3. The van der Waals surface area contributed by atoms with Gasteiger partial charge in [0.1, 0.15) is 17.1 Å². The molecule has 1 N–H and O–H groups in total. The van der Waals surface area contributed by atoms with Crippen molar-refractivity contribution in [2.45, 2.75) is 76.8 Å². The second-order valence-corrected chi connectivity index (χ2v) is 11.7. The summed E-state index contributed by atoms with van der Waals surface area (Å²) in [6, 6.07) is 6.71. The van der Waals surface area contributed by atoms with E-state index in [1.54, 1.807) is 32.4 Å². The molecule has 0 amide bonds. The van der Waals surface area contributed by atoms with Gasteiger partial charge in [0.15, 0.2) is 11.5 Å². The predicted octanol–water partition coefficient (Wildman–Crippen LogP) is 5.23. The highest BCUT2D eigenvalue weighted by atomic mass is 16.6. The molecule has 1 spiro atoms. The molecule has 0 unspecified atom stereocenters. The first-order valence-electron chi connectivity index (χ1n) is 12.5. The lowest BCUT2D eigenvalue weighted by atomic mass is 9.45. The summed E-state index contributed by atoms with van der Waals surface area (Å²) < 4.78 is 30.1. The molecule has 35 heavy (non-hydrogen) atoms. The van der Waals surface area contributed by atoms with Gasteiger partial charge in [-0.3, -0.25) is 0 Å². The molecule has 2 bridgehead atoms. The van der Waals surface area contributed by atoms with Gasteiger partial charge < -0.3 is 28.5 Å². The number of rotatable bonds is 4. The van der Waals surface area contributed by atoms with Crippen LogP contribution in [0.3, 0.4) is 0 Å². The smallest absolute Gasteiger partial charge is 0.345 e. The van der Waals surface area contributed by atoms with E-state index < -0.39 is 17.3 Å². The summed E-state index contributed by atoms with van der Waals surface area (Å²) in [5, 5.41) is 11.2. The van der Waals surface area contributed by atoms with Crippen LogP contribution in [0.4, 0.5) is 0 Å². The molecule has 6 rings (SSSR count). The molecule has 1 aromatic heterocycles. The average Bonchev–Trinajstić information content (AvgIpc) is 3.40. The van der Waals surface area contributed by atoms with Crippen molar-refractivity contribution in [3.63, 3.8) is 0 Å². The summed E-state index contributed by atoms with van der Waals surface area (Å²) in [7, 11) is 3.10. The first-order chi connectivity index (χ1) is 16.5. The van der Waals surface area contributed by atoms with Crippen LogP contribution in [0.25, 0.3) is 11.3 Å². The minimum Gasteiger partial charge on any atom is -0.507 e. The van der Waals surface area contributed by atoms with Crippen molar-refractivity contribution in [2.24, 2.45) is 16.7 Å². The van der Waals surface area contributed by atoms with Crippen LogP contribution in [-0.2, 0) is 9.47 Å². The Kier molecular flexibility index (Phi) is 4.61. The lowest BCUT2D eigenvalue weighted by Gasteiger charge is -2.57. The monoisotopic (exact) mass is 482 g/mol. The summed E-state index contributed by atoms with van der Waals surface area (Å²) in [5.41, 5.74) is -0.740. The van der Waals surface area contributed by atoms with Crippen molar-refractivity contribution >= 4 is 0 Å². The van der Waals surface area contributed by atoms with E-state index in [2.05, 4.69) is 27.7 Å². The maximum atomic E-state index is 13.4. The molecular formula is C28H34O7. The number of ether oxygens (including phenoxy) is 4. The number of hydrogen-bond donors (Lipinski definition) is 1. The highest BCUT2D eigenvalue weighted by Gasteiger charge is 2.82. The summed E-state index contributed by atoms with van der Waals surface area (Å²) in [4.78, 5) is 13.4. The Bertz CT molecular complexity index is 1260. The molecule has 4 aliphatic rings. The van der Waals surface area contributed by atoms with Crippen molar-refractivity contribution in [2.75, 3.05) is 14.2 Å². The van der Waals surface area contributed by atoms with Crippen LogP contribution in [0.1, 0.15) is 65.0 Å². The van der Waals surface area contributed by atoms with E-state index in [0.717, 1.165) is 25.7 Å². The van der Waals surface area contributed by atoms with Crippen molar-refractivity contribution in [3.8, 4) is 28.6 Å². The van der Waals surface area contributed by atoms with Crippen LogP contribution < -0.4 is 15.1 Å². The number of fused-ring (bicyclic) bond motifs is 2. The van der Waals surface area contributed by atoms with Crippen LogP contribution in [0.5, 0.6) is 17.2 Å². The molecule has 1 aliphatic carbocycles. The molecule has 7 heteroatoms. The van der Waals surface area contributed by atoms with Crippen LogP contribution >= 0.6 is 0 Å². The largest absolute Gasteiger partial charge is 0.507 e. The van der Waals surface area contributed by atoms with Gasteiger partial charge in [-0.1, -0.05) is 20.8 Å². The van der Waals surface area contributed by atoms with E-state index in [9.17, 15) is 9.90 Å². The Morgan fingerprint density at radius 2 is 1.74 bits per heavy atom. The van der Waals surface area contributed by atoms with Gasteiger partial charge in [-0.05, 0) is 56.2 Å². The molecule has 1 aromatic carbocycles. The zero-order valence-electron chi connectivity index (χ0n) is 21.3. The Morgan fingerprint density at radius 3 is 2.43 bits per heavy atom. The van der Waals surface area contributed by atoms with Crippen molar-refractivity contribution in [1.29, 1.82) is 0 Å². The highest BCUT2D eigenvalue weighted by molar-refractivity contribution is 5.64. The molecule has 188 valence electrons.